The third kappa shape index (κ3) is 3.04. The zero-order valence-corrected chi connectivity index (χ0v) is 11.3. The lowest BCUT2D eigenvalue weighted by Gasteiger charge is -2.29. The highest BCUT2D eigenvalue weighted by molar-refractivity contribution is 6.17. The Morgan fingerprint density at radius 1 is 1.25 bits per heavy atom. The second-order valence-corrected chi connectivity index (χ2v) is 5.16. The Bertz CT molecular complexity index is 535. The molecule has 0 spiro atoms. The predicted octanol–water partition coefficient (Wildman–Crippen LogP) is 1.99. The van der Waals surface area contributed by atoms with E-state index in [0.717, 1.165) is 0 Å². The Hall–Kier alpha value is -2.17. The molecule has 1 aliphatic heterocycles. The van der Waals surface area contributed by atoms with Gasteiger partial charge in [-0.1, -0.05) is 25.1 Å². The summed E-state index contributed by atoms with van der Waals surface area (Å²) >= 11 is 0. The van der Waals surface area contributed by atoms with Crippen LogP contribution in [0.3, 0.4) is 0 Å². The summed E-state index contributed by atoms with van der Waals surface area (Å²) in [6.45, 7) is 1.88. The third-order valence-electron chi connectivity index (χ3n) is 3.39. The minimum absolute atomic E-state index is 0.0242. The van der Waals surface area contributed by atoms with E-state index >= 15 is 0 Å². The van der Waals surface area contributed by atoms with Crippen molar-refractivity contribution in [3.63, 3.8) is 0 Å². The molecule has 5 heteroatoms. The maximum atomic E-state index is 12.1. The van der Waals surface area contributed by atoms with Gasteiger partial charge in [-0.2, -0.15) is 0 Å². The number of carbonyl (C=O) groups excluding carboxylic acids is 2. The maximum Gasteiger partial charge on any atom is 0.303 e. The summed E-state index contributed by atoms with van der Waals surface area (Å²) in [7, 11) is 0. The standard InChI is InChI=1S/C15H17NO4/c1-10-8-13(17)16(14(18)9-10)12-5-3-2-4-11(12)6-7-15(19)20/h2-5,10H,6-9H2,1H3,(H,19,20). The van der Waals surface area contributed by atoms with E-state index in [-0.39, 0.29) is 24.2 Å². The molecule has 20 heavy (non-hydrogen) atoms. The lowest BCUT2D eigenvalue weighted by atomic mass is 9.96. The van der Waals surface area contributed by atoms with Crippen LogP contribution in [0.15, 0.2) is 24.3 Å². The lowest BCUT2D eigenvalue weighted by Crippen LogP contribution is -2.43. The number of imide groups is 1. The van der Waals surface area contributed by atoms with E-state index < -0.39 is 5.97 Å². The average Bonchev–Trinajstić information content (AvgIpc) is 2.36. The fourth-order valence-electron chi connectivity index (χ4n) is 2.44. The summed E-state index contributed by atoms with van der Waals surface area (Å²) in [5.74, 6) is -1.25. The monoisotopic (exact) mass is 275 g/mol. The minimum Gasteiger partial charge on any atom is -0.481 e. The number of amides is 2. The molecular weight excluding hydrogens is 258 g/mol. The zero-order valence-electron chi connectivity index (χ0n) is 11.3. The quantitative estimate of drug-likeness (QED) is 0.853. The summed E-state index contributed by atoms with van der Waals surface area (Å²) in [4.78, 5) is 36.1. The number of nitrogens with zero attached hydrogens (tertiary/aromatic N) is 1. The molecule has 0 unspecified atom stereocenters. The van der Waals surface area contributed by atoms with Crippen molar-refractivity contribution >= 4 is 23.5 Å². The van der Waals surface area contributed by atoms with Gasteiger partial charge in [0.2, 0.25) is 11.8 Å². The molecule has 1 saturated heterocycles. The largest absolute Gasteiger partial charge is 0.481 e. The van der Waals surface area contributed by atoms with Crippen LogP contribution in [-0.2, 0) is 20.8 Å². The first-order valence-electron chi connectivity index (χ1n) is 6.64. The van der Waals surface area contributed by atoms with Gasteiger partial charge in [0.15, 0.2) is 0 Å². The molecule has 0 saturated carbocycles. The molecular formula is C15H17NO4. The number of aryl methyl sites for hydroxylation is 1. The van der Waals surface area contributed by atoms with Crippen molar-refractivity contribution in [2.24, 2.45) is 5.92 Å². The van der Waals surface area contributed by atoms with E-state index in [1.54, 1.807) is 24.3 Å². The summed E-state index contributed by atoms with van der Waals surface area (Å²) in [5.41, 5.74) is 1.24. The van der Waals surface area contributed by atoms with E-state index in [4.69, 9.17) is 5.11 Å². The molecule has 5 nitrogen and oxygen atoms in total. The highest BCUT2D eigenvalue weighted by Crippen LogP contribution is 2.28. The van der Waals surface area contributed by atoms with Crippen LogP contribution in [0.1, 0.15) is 31.7 Å². The normalized spacial score (nSPS) is 16.6. The number of benzene rings is 1. The van der Waals surface area contributed by atoms with Gasteiger partial charge in [-0.05, 0) is 24.0 Å². The number of carbonyl (C=O) groups is 3. The van der Waals surface area contributed by atoms with Crippen LogP contribution in [0.25, 0.3) is 0 Å². The molecule has 0 radical (unpaired) electrons. The van der Waals surface area contributed by atoms with E-state index in [0.29, 0.717) is 30.5 Å². The molecule has 1 aliphatic rings. The molecule has 1 aromatic rings. The molecule has 0 aromatic heterocycles. The van der Waals surface area contributed by atoms with Gasteiger partial charge < -0.3 is 5.11 Å². The van der Waals surface area contributed by atoms with Crippen LogP contribution in [0, 0.1) is 5.92 Å². The predicted molar refractivity (Wildman–Crippen MR) is 73.3 cm³/mol. The van der Waals surface area contributed by atoms with Crippen molar-refractivity contribution in [1.29, 1.82) is 0 Å². The number of anilines is 1. The summed E-state index contributed by atoms with van der Waals surface area (Å²) in [6.07, 6.45) is 0.972. The van der Waals surface area contributed by atoms with E-state index in [2.05, 4.69) is 0 Å². The van der Waals surface area contributed by atoms with E-state index in [1.165, 1.54) is 4.90 Å². The fraction of sp³-hybridized carbons (Fsp3) is 0.400. The number of carboxylic acid groups (broad SMARTS) is 1. The average molecular weight is 275 g/mol. The molecule has 0 atom stereocenters. The van der Waals surface area contributed by atoms with Gasteiger partial charge in [-0.25, -0.2) is 0 Å². The Labute approximate surface area is 117 Å². The molecule has 0 aliphatic carbocycles. The maximum absolute atomic E-state index is 12.1. The molecule has 1 aromatic carbocycles. The van der Waals surface area contributed by atoms with Crippen molar-refractivity contribution in [2.45, 2.75) is 32.6 Å². The van der Waals surface area contributed by atoms with Gasteiger partial charge in [0, 0.05) is 19.3 Å². The summed E-state index contributed by atoms with van der Waals surface area (Å²) in [5, 5.41) is 8.77. The van der Waals surface area contributed by atoms with Crippen LogP contribution >= 0.6 is 0 Å². The second kappa shape index (κ2) is 5.86. The zero-order chi connectivity index (χ0) is 14.7. The topological polar surface area (TPSA) is 74.7 Å². The van der Waals surface area contributed by atoms with Crippen LogP contribution in [0.2, 0.25) is 0 Å². The number of para-hydroxylation sites is 1. The first-order valence-corrected chi connectivity index (χ1v) is 6.64. The molecule has 1 fully saturated rings. The second-order valence-electron chi connectivity index (χ2n) is 5.16. The Balaban J connectivity index is 2.29. The molecule has 2 amide bonds. The first kappa shape index (κ1) is 14.2. The number of aliphatic carboxylic acids is 1. The van der Waals surface area contributed by atoms with Crippen LogP contribution < -0.4 is 4.90 Å². The Morgan fingerprint density at radius 2 is 1.85 bits per heavy atom. The van der Waals surface area contributed by atoms with Gasteiger partial charge >= 0.3 is 5.97 Å². The number of rotatable bonds is 4. The highest BCUT2D eigenvalue weighted by atomic mass is 16.4. The summed E-state index contributed by atoms with van der Waals surface area (Å²) in [6, 6.07) is 6.99. The molecule has 2 rings (SSSR count). The summed E-state index contributed by atoms with van der Waals surface area (Å²) < 4.78 is 0. The van der Waals surface area contributed by atoms with Crippen molar-refractivity contribution < 1.29 is 19.5 Å². The fourth-order valence-corrected chi connectivity index (χ4v) is 2.44. The number of hydrogen-bond donors (Lipinski definition) is 1. The smallest absolute Gasteiger partial charge is 0.303 e. The van der Waals surface area contributed by atoms with Crippen LogP contribution in [0.4, 0.5) is 5.69 Å². The van der Waals surface area contributed by atoms with Gasteiger partial charge in [0.25, 0.3) is 0 Å². The van der Waals surface area contributed by atoms with Gasteiger partial charge in [-0.3, -0.25) is 19.3 Å². The van der Waals surface area contributed by atoms with Crippen molar-refractivity contribution in [1.82, 2.24) is 0 Å². The van der Waals surface area contributed by atoms with E-state index in [1.807, 2.05) is 6.92 Å². The molecule has 1 heterocycles. The van der Waals surface area contributed by atoms with Gasteiger partial charge in [-0.15, -0.1) is 0 Å². The van der Waals surface area contributed by atoms with Gasteiger partial charge in [0.1, 0.15) is 0 Å². The minimum atomic E-state index is -0.898. The van der Waals surface area contributed by atoms with E-state index in [9.17, 15) is 14.4 Å². The van der Waals surface area contributed by atoms with Crippen molar-refractivity contribution in [2.75, 3.05) is 4.90 Å². The number of hydrogen-bond acceptors (Lipinski definition) is 3. The molecule has 106 valence electrons. The molecule has 1 N–H and O–H groups in total. The molecule has 0 bridgehead atoms. The van der Waals surface area contributed by atoms with Crippen LogP contribution in [-0.4, -0.2) is 22.9 Å². The van der Waals surface area contributed by atoms with Crippen molar-refractivity contribution in [3.05, 3.63) is 29.8 Å². The SMILES string of the molecule is CC1CC(=O)N(c2ccccc2CCC(=O)O)C(=O)C1. The van der Waals surface area contributed by atoms with Gasteiger partial charge in [0.05, 0.1) is 5.69 Å². The van der Waals surface area contributed by atoms with Crippen LogP contribution in [0.5, 0.6) is 0 Å². The number of carboxylic acids is 1. The third-order valence-corrected chi connectivity index (χ3v) is 3.39. The van der Waals surface area contributed by atoms with Crippen molar-refractivity contribution in [3.8, 4) is 0 Å². The Morgan fingerprint density at radius 3 is 2.45 bits per heavy atom. The highest BCUT2D eigenvalue weighted by Gasteiger charge is 2.32. The Kier molecular flexibility index (Phi) is 4.17. The number of piperidine rings is 1. The first-order chi connectivity index (χ1) is 9.49. The lowest BCUT2D eigenvalue weighted by molar-refractivity contribution is -0.137.